The first kappa shape index (κ1) is 19.0. The van der Waals surface area contributed by atoms with Crippen molar-refractivity contribution >= 4 is 34.8 Å². The summed E-state index contributed by atoms with van der Waals surface area (Å²) in [5.41, 5.74) is 0.777. The maximum atomic E-state index is 12.1. The van der Waals surface area contributed by atoms with Gasteiger partial charge in [-0.15, -0.1) is 21.5 Å². The number of ether oxygens (including phenoxy) is 1. The second kappa shape index (κ2) is 8.74. The van der Waals surface area contributed by atoms with Crippen LogP contribution in [0.1, 0.15) is 12.5 Å². The van der Waals surface area contributed by atoms with E-state index in [0.717, 1.165) is 15.2 Å². The van der Waals surface area contributed by atoms with E-state index in [4.69, 9.17) is 16.3 Å². The summed E-state index contributed by atoms with van der Waals surface area (Å²) in [5.74, 6) is -0.622. The summed E-state index contributed by atoms with van der Waals surface area (Å²) >= 11 is 7.51. The van der Waals surface area contributed by atoms with Crippen molar-refractivity contribution in [2.24, 2.45) is 0 Å². The average Bonchev–Trinajstić information content (AvgIpc) is 3.32. The Morgan fingerprint density at radius 1 is 1.30 bits per heavy atom. The minimum Gasteiger partial charge on any atom is -0.451 e. The molecule has 8 nitrogen and oxygen atoms in total. The third kappa shape index (κ3) is 5.11. The topological polar surface area (TPSA) is 99.0 Å². The molecule has 0 saturated heterocycles. The van der Waals surface area contributed by atoms with Gasteiger partial charge in [0.2, 0.25) is 5.82 Å². The van der Waals surface area contributed by atoms with Crippen LogP contribution in [0.25, 0.3) is 10.7 Å². The van der Waals surface area contributed by atoms with Gasteiger partial charge in [-0.05, 0) is 35.2 Å². The van der Waals surface area contributed by atoms with Crippen molar-refractivity contribution in [3.05, 3.63) is 52.4 Å². The molecule has 2 heterocycles. The molecule has 1 atom stereocenters. The van der Waals surface area contributed by atoms with E-state index in [2.05, 4.69) is 20.7 Å². The standard InChI is InChI=1S/C17H16ClN5O3S/c1-11(17(25)19-9-12-5-2-3-6-13(12)18)26-15(24)10-23-21-16(20-22-23)14-7-4-8-27-14/h2-8,11H,9-10H2,1H3,(H,19,25)/t11-/m1/s1. The number of amides is 1. The molecule has 1 aromatic carbocycles. The molecule has 1 N–H and O–H groups in total. The van der Waals surface area contributed by atoms with Crippen molar-refractivity contribution in [2.45, 2.75) is 26.1 Å². The third-order valence-electron chi connectivity index (χ3n) is 3.55. The fraction of sp³-hybridized carbons (Fsp3) is 0.235. The Kier molecular flexibility index (Phi) is 6.15. The number of esters is 1. The Labute approximate surface area is 164 Å². The van der Waals surface area contributed by atoms with E-state index in [-0.39, 0.29) is 13.1 Å². The number of benzene rings is 1. The third-order valence-corrected chi connectivity index (χ3v) is 4.79. The van der Waals surface area contributed by atoms with Crippen LogP contribution in [0.5, 0.6) is 0 Å². The lowest BCUT2D eigenvalue weighted by Gasteiger charge is -2.13. The number of hydrogen-bond acceptors (Lipinski definition) is 7. The molecule has 2 aromatic heterocycles. The number of halogens is 1. The smallest absolute Gasteiger partial charge is 0.330 e. The predicted molar refractivity (Wildman–Crippen MR) is 100.0 cm³/mol. The van der Waals surface area contributed by atoms with Gasteiger partial charge in [-0.1, -0.05) is 35.9 Å². The van der Waals surface area contributed by atoms with Crippen LogP contribution in [0.15, 0.2) is 41.8 Å². The fourth-order valence-electron chi connectivity index (χ4n) is 2.19. The Morgan fingerprint density at radius 2 is 2.11 bits per heavy atom. The number of tetrazole rings is 1. The van der Waals surface area contributed by atoms with Crippen molar-refractivity contribution in [1.82, 2.24) is 25.5 Å². The molecule has 27 heavy (non-hydrogen) atoms. The molecule has 3 aromatic rings. The second-order valence-electron chi connectivity index (χ2n) is 5.56. The first-order valence-corrected chi connectivity index (χ1v) is 9.31. The van der Waals surface area contributed by atoms with Crippen LogP contribution in [0.2, 0.25) is 5.02 Å². The lowest BCUT2D eigenvalue weighted by molar-refractivity contribution is -0.155. The van der Waals surface area contributed by atoms with Crippen LogP contribution in [0.4, 0.5) is 0 Å². The maximum absolute atomic E-state index is 12.1. The SMILES string of the molecule is C[C@@H](OC(=O)Cn1nnc(-c2cccs2)n1)C(=O)NCc1ccccc1Cl. The first-order valence-electron chi connectivity index (χ1n) is 8.05. The zero-order chi connectivity index (χ0) is 19.2. The van der Waals surface area contributed by atoms with Crippen molar-refractivity contribution < 1.29 is 14.3 Å². The molecule has 0 unspecified atom stereocenters. The molecule has 10 heteroatoms. The van der Waals surface area contributed by atoms with E-state index in [0.29, 0.717) is 10.8 Å². The van der Waals surface area contributed by atoms with Crippen LogP contribution in [-0.4, -0.2) is 38.2 Å². The highest BCUT2D eigenvalue weighted by molar-refractivity contribution is 7.13. The van der Waals surface area contributed by atoms with Crippen LogP contribution < -0.4 is 5.32 Å². The maximum Gasteiger partial charge on any atom is 0.330 e. The summed E-state index contributed by atoms with van der Waals surface area (Å²) in [6.45, 7) is 1.50. The number of carbonyl (C=O) groups excluding carboxylic acids is 2. The van der Waals surface area contributed by atoms with E-state index >= 15 is 0 Å². The Bertz CT molecular complexity index is 928. The van der Waals surface area contributed by atoms with Gasteiger partial charge in [-0.2, -0.15) is 4.80 Å². The number of nitrogens with zero attached hydrogens (tertiary/aromatic N) is 4. The van der Waals surface area contributed by atoms with Crippen molar-refractivity contribution in [1.29, 1.82) is 0 Å². The van der Waals surface area contributed by atoms with Crippen molar-refractivity contribution in [3.63, 3.8) is 0 Å². The summed E-state index contributed by atoms with van der Waals surface area (Å²) in [7, 11) is 0. The molecular weight excluding hydrogens is 390 g/mol. The highest BCUT2D eigenvalue weighted by atomic mass is 35.5. The quantitative estimate of drug-likeness (QED) is 0.605. The molecule has 1 amide bonds. The van der Waals surface area contributed by atoms with E-state index in [1.165, 1.54) is 18.3 Å². The molecule has 0 spiro atoms. The molecule has 0 fully saturated rings. The summed E-state index contributed by atoms with van der Waals surface area (Å²) in [6, 6.07) is 10.9. The lowest BCUT2D eigenvalue weighted by atomic mass is 10.2. The van der Waals surface area contributed by atoms with Crippen LogP contribution in [0, 0.1) is 0 Å². The molecule has 0 aliphatic carbocycles. The minimum absolute atomic E-state index is 0.236. The van der Waals surface area contributed by atoms with E-state index in [1.54, 1.807) is 18.2 Å². The average molecular weight is 406 g/mol. The van der Waals surface area contributed by atoms with E-state index < -0.39 is 18.0 Å². The van der Waals surface area contributed by atoms with Crippen LogP contribution in [-0.2, 0) is 27.4 Å². The molecule has 140 valence electrons. The van der Waals surface area contributed by atoms with Crippen LogP contribution >= 0.6 is 22.9 Å². The Balaban J connectivity index is 1.48. The van der Waals surface area contributed by atoms with Gasteiger partial charge < -0.3 is 10.1 Å². The monoisotopic (exact) mass is 405 g/mol. The van der Waals surface area contributed by atoms with E-state index in [1.807, 2.05) is 23.6 Å². The van der Waals surface area contributed by atoms with Gasteiger partial charge in [0, 0.05) is 11.6 Å². The Morgan fingerprint density at radius 3 is 2.85 bits per heavy atom. The van der Waals surface area contributed by atoms with Gasteiger partial charge in [0.05, 0.1) is 4.88 Å². The minimum atomic E-state index is -0.958. The molecule has 0 radical (unpaired) electrons. The largest absolute Gasteiger partial charge is 0.451 e. The Hall–Kier alpha value is -2.78. The number of nitrogens with one attached hydrogen (secondary N) is 1. The van der Waals surface area contributed by atoms with Gasteiger partial charge >= 0.3 is 5.97 Å². The summed E-state index contributed by atoms with van der Waals surface area (Å²) in [4.78, 5) is 26.1. The zero-order valence-electron chi connectivity index (χ0n) is 14.3. The van der Waals surface area contributed by atoms with E-state index in [9.17, 15) is 9.59 Å². The van der Waals surface area contributed by atoms with Crippen molar-refractivity contribution in [3.8, 4) is 10.7 Å². The van der Waals surface area contributed by atoms with Gasteiger partial charge in [0.15, 0.2) is 12.6 Å². The normalized spacial score (nSPS) is 11.8. The molecule has 0 aliphatic heterocycles. The van der Waals surface area contributed by atoms with Gasteiger partial charge in [-0.25, -0.2) is 4.79 Å². The number of hydrogen-bond donors (Lipinski definition) is 1. The summed E-state index contributed by atoms with van der Waals surface area (Å²) in [6.07, 6.45) is -0.958. The number of thiophene rings is 1. The van der Waals surface area contributed by atoms with Gasteiger partial charge in [0.1, 0.15) is 0 Å². The molecule has 0 aliphatic rings. The van der Waals surface area contributed by atoms with Crippen LogP contribution in [0.3, 0.4) is 0 Å². The second-order valence-corrected chi connectivity index (χ2v) is 6.92. The molecule has 3 rings (SSSR count). The highest BCUT2D eigenvalue weighted by Gasteiger charge is 2.19. The summed E-state index contributed by atoms with van der Waals surface area (Å²) < 4.78 is 5.12. The predicted octanol–water partition coefficient (Wildman–Crippen LogP) is 2.30. The highest BCUT2D eigenvalue weighted by Crippen LogP contribution is 2.19. The number of rotatable bonds is 7. The fourth-order valence-corrected chi connectivity index (χ4v) is 3.04. The van der Waals surface area contributed by atoms with Gasteiger partial charge in [-0.3, -0.25) is 4.79 Å². The molecule has 0 saturated carbocycles. The van der Waals surface area contributed by atoms with Crippen molar-refractivity contribution in [2.75, 3.05) is 0 Å². The number of carbonyl (C=O) groups is 2. The zero-order valence-corrected chi connectivity index (χ0v) is 15.9. The number of aromatic nitrogens is 4. The molecule has 0 bridgehead atoms. The first-order chi connectivity index (χ1) is 13.0. The van der Waals surface area contributed by atoms with Gasteiger partial charge in [0.25, 0.3) is 5.91 Å². The summed E-state index contributed by atoms with van der Waals surface area (Å²) in [5, 5.41) is 17.0. The lowest BCUT2D eigenvalue weighted by Crippen LogP contribution is -2.36. The molecular formula is C17H16ClN5O3S.